The van der Waals surface area contributed by atoms with Gasteiger partial charge in [-0.25, -0.2) is 0 Å². The first kappa shape index (κ1) is 15.0. The van der Waals surface area contributed by atoms with Crippen LogP contribution in [0.25, 0.3) is 0 Å². The SMILES string of the molecule is CN(CC(O)c1cccc(Cl)c1)C1CCS(=O)CC1. The lowest BCUT2D eigenvalue weighted by Crippen LogP contribution is -2.39. The van der Waals surface area contributed by atoms with Gasteiger partial charge in [-0.2, -0.15) is 0 Å². The summed E-state index contributed by atoms with van der Waals surface area (Å²) in [7, 11) is 1.38. The van der Waals surface area contributed by atoms with E-state index in [0.29, 0.717) is 17.6 Å². The van der Waals surface area contributed by atoms with E-state index in [2.05, 4.69) is 4.90 Å². The van der Waals surface area contributed by atoms with Crippen LogP contribution in [0.4, 0.5) is 0 Å². The highest BCUT2D eigenvalue weighted by Gasteiger charge is 2.23. The summed E-state index contributed by atoms with van der Waals surface area (Å²) in [5.74, 6) is 1.56. The molecule has 0 aromatic heterocycles. The van der Waals surface area contributed by atoms with Crippen LogP contribution in [0.5, 0.6) is 0 Å². The van der Waals surface area contributed by atoms with Crippen LogP contribution in [0.3, 0.4) is 0 Å². The molecule has 0 spiro atoms. The van der Waals surface area contributed by atoms with Crippen molar-refractivity contribution >= 4 is 22.4 Å². The molecule has 1 N–H and O–H groups in total. The van der Waals surface area contributed by atoms with Crippen LogP contribution in [0.1, 0.15) is 24.5 Å². The quantitative estimate of drug-likeness (QED) is 0.927. The fraction of sp³-hybridized carbons (Fsp3) is 0.571. The summed E-state index contributed by atoms with van der Waals surface area (Å²) in [5.41, 5.74) is 0.846. The molecule has 3 nitrogen and oxygen atoms in total. The van der Waals surface area contributed by atoms with E-state index in [1.54, 1.807) is 12.1 Å². The number of hydrogen-bond acceptors (Lipinski definition) is 3. The lowest BCUT2D eigenvalue weighted by atomic mass is 10.1. The molecule has 1 aromatic rings. The molecule has 0 aliphatic carbocycles. The summed E-state index contributed by atoms with van der Waals surface area (Å²) in [6.45, 7) is 0.581. The number of rotatable bonds is 4. The normalized spacial score (nSPS) is 25.5. The standard InChI is InChI=1S/C14H20ClNO2S/c1-16(13-5-7-19(18)8-6-13)10-14(17)11-3-2-4-12(15)9-11/h2-4,9,13-14,17H,5-8,10H2,1H3. The van der Waals surface area contributed by atoms with E-state index in [9.17, 15) is 9.32 Å². The molecule has 1 atom stereocenters. The second-order valence-corrected chi connectivity index (χ2v) is 7.22. The molecule has 1 fully saturated rings. The van der Waals surface area contributed by atoms with Crippen molar-refractivity contribution in [2.24, 2.45) is 0 Å². The van der Waals surface area contributed by atoms with E-state index in [-0.39, 0.29) is 0 Å². The van der Waals surface area contributed by atoms with E-state index in [4.69, 9.17) is 11.6 Å². The molecular weight excluding hydrogens is 282 g/mol. The Labute approximate surface area is 122 Å². The van der Waals surface area contributed by atoms with Gasteiger partial charge in [0.1, 0.15) is 0 Å². The molecule has 1 heterocycles. The average molecular weight is 302 g/mol. The van der Waals surface area contributed by atoms with Gasteiger partial charge in [-0.15, -0.1) is 0 Å². The van der Waals surface area contributed by atoms with Crippen molar-refractivity contribution in [1.82, 2.24) is 4.90 Å². The molecular formula is C14H20ClNO2S. The van der Waals surface area contributed by atoms with Gasteiger partial charge in [-0.05, 0) is 37.6 Å². The fourth-order valence-corrected chi connectivity index (χ4v) is 3.94. The van der Waals surface area contributed by atoms with Crippen LogP contribution in [-0.2, 0) is 10.8 Å². The van der Waals surface area contributed by atoms with Crippen molar-refractivity contribution in [3.05, 3.63) is 34.9 Å². The Morgan fingerprint density at radius 3 is 2.79 bits per heavy atom. The van der Waals surface area contributed by atoms with Crippen LogP contribution in [0.15, 0.2) is 24.3 Å². The minimum atomic E-state index is -0.636. The topological polar surface area (TPSA) is 40.5 Å². The predicted octanol–water partition coefficient (Wildman–Crippen LogP) is 2.22. The second kappa shape index (κ2) is 6.84. The fourth-order valence-electron chi connectivity index (χ4n) is 2.46. The predicted molar refractivity (Wildman–Crippen MR) is 79.9 cm³/mol. The first-order chi connectivity index (χ1) is 9.06. The van der Waals surface area contributed by atoms with Gasteiger partial charge in [0.25, 0.3) is 0 Å². The van der Waals surface area contributed by atoms with Crippen LogP contribution < -0.4 is 0 Å². The maximum absolute atomic E-state index is 11.3. The second-order valence-electron chi connectivity index (χ2n) is 5.09. The number of hydrogen-bond donors (Lipinski definition) is 1. The minimum Gasteiger partial charge on any atom is -0.387 e. The Kier molecular flexibility index (Phi) is 5.39. The highest BCUT2D eigenvalue weighted by atomic mass is 35.5. The Morgan fingerprint density at radius 1 is 1.47 bits per heavy atom. The summed E-state index contributed by atoms with van der Waals surface area (Å²) >= 11 is 5.93. The molecule has 1 aliphatic rings. The van der Waals surface area contributed by atoms with Crippen molar-refractivity contribution < 1.29 is 9.32 Å². The van der Waals surface area contributed by atoms with Crippen LogP contribution in [0, 0.1) is 0 Å². The molecule has 1 unspecified atom stereocenters. The molecule has 0 saturated carbocycles. The van der Waals surface area contributed by atoms with Crippen molar-refractivity contribution in [1.29, 1.82) is 0 Å². The zero-order chi connectivity index (χ0) is 13.8. The van der Waals surface area contributed by atoms with Crippen LogP contribution in [0.2, 0.25) is 5.02 Å². The van der Waals surface area contributed by atoms with E-state index < -0.39 is 16.9 Å². The number of nitrogens with zero attached hydrogens (tertiary/aromatic N) is 1. The first-order valence-corrected chi connectivity index (χ1v) is 8.41. The lowest BCUT2D eigenvalue weighted by molar-refractivity contribution is 0.101. The van der Waals surface area contributed by atoms with Crippen LogP contribution >= 0.6 is 11.6 Å². The van der Waals surface area contributed by atoms with Crippen molar-refractivity contribution in [3.63, 3.8) is 0 Å². The maximum Gasteiger partial charge on any atom is 0.0917 e. The zero-order valence-electron chi connectivity index (χ0n) is 11.1. The van der Waals surface area contributed by atoms with Gasteiger partial charge in [-0.3, -0.25) is 4.21 Å². The Hall–Kier alpha value is -0.420. The molecule has 106 valence electrons. The monoisotopic (exact) mass is 301 g/mol. The molecule has 1 aliphatic heterocycles. The summed E-state index contributed by atoms with van der Waals surface area (Å²) < 4.78 is 11.3. The third-order valence-electron chi connectivity index (χ3n) is 3.68. The Bertz CT molecular complexity index is 445. The Balaban J connectivity index is 1.91. The highest BCUT2D eigenvalue weighted by Crippen LogP contribution is 2.21. The molecule has 0 amide bonds. The molecule has 0 radical (unpaired) electrons. The van der Waals surface area contributed by atoms with Gasteiger partial charge in [-0.1, -0.05) is 23.7 Å². The van der Waals surface area contributed by atoms with Gasteiger partial charge in [0.05, 0.1) is 6.10 Å². The van der Waals surface area contributed by atoms with Gasteiger partial charge in [0.2, 0.25) is 0 Å². The van der Waals surface area contributed by atoms with Crippen molar-refractivity contribution in [2.75, 3.05) is 25.1 Å². The molecule has 1 aromatic carbocycles. The molecule has 2 rings (SSSR count). The molecule has 1 saturated heterocycles. The third kappa shape index (κ3) is 4.28. The maximum atomic E-state index is 11.3. The van der Waals surface area contributed by atoms with Crippen molar-refractivity contribution in [3.8, 4) is 0 Å². The first-order valence-electron chi connectivity index (χ1n) is 6.55. The number of aliphatic hydroxyl groups excluding tert-OH is 1. The molecule has 0 bridgehead atoms. The average Bonchev–Trinajstić information content (AvgIpc) is 2.39. The van der Waals surface area contributed by atoms with Gasteiger partial charge in [0.15, 0.2) is 0 Å². The van der Waals surface area contributed by atoms with Gasteiger partial charge < -0.3 is 10.0 Å². The van der Waals surface area contributed by atoms with E-state index >= 15 is 0 Å². The zero-order valence-corrected chi connectivity index (χ0v) is 12.7. The van der Waals surface area contributed by atoms with Gasteiger partial charge >= 0.3 is 0 Å². The van der Waals surface area contributed by atoms with E-state index in [0.717, 1.165) is 29.9 Å². The van der Waals surface area contributed by atoms with Crippen molar-refractivity contribution in [2.45, 2.75) is 25.0 Å². The van der Waals surface area contributed by atoms with E-state index in [1.807, 2.05) is 19.2 Å². The minimum absolute atomic E-state index is 0.423. The lowest BCUT2D eigenvalue weighted by Gasteiger charge is -2.32. The largest absolute Gasteiger partial charge is 0.387 e. The Morgan fingerprint density at radius 2 is 2.16 bits per heavy atom. The molecule has 5 heteroatoms. The summed E-state index contributed by atoms with van der Waals surface area (Å²) in [5, 5.41) is 10.9. The number of likely N-dealkylation sites (N-methyl/N-ethyl adjacent to an activating group) is 1. The molecule has 19 heavy (non-hydrogen) atoms. The smallest absolute Gasteiger partial charge is 0.0917 e. The number of benzene rings is 1. The highest BCUT2D eigenvalue weighted by molar-refractivity contribution is 7.85. The van der Waals surface area contributed by atoms with E-state index in [1.165, 1.54) is 0 Å². The summed E-state index contributed by atoms with van der Waals surface area (Å²) in [6, 6.07) is 7.77. The number of aliphatic hydroxyl groups is 1. The third-order valence-corrected chi connectivity index (χ3v) is 5.29. The number of halogens is 1. The summed E-state index contributed by atoms with van der Waals surface area (Å²) in [4.78, 5) is 2.17. The van der Waals surface area contributed by atoms with Gasteiger partial charge in [0, 0.05) is 39.9 Å². The summed E-state index contributed by atoms with van der Waals surface area (Å²) in [6.07, 6.45) is 1.37. The van der Waals surface area contributed by atoms with Crippen LogP contribution in [-0.4, -0.2) is 45.4 Å².